The van der Waals surface area contributed by atoms with Gasteiger partial charge in [-0.15, -0.1) is 0 Å². The summed E-state index contributed by atoms with van der Waals surface area (Å²) in [6.07, 6.45) is 3.80. The van der Waals surface area contributed by atoms with Crippen molar-refractivity contribution in [2.24, 2.45) is 0 Å². The van der Waals surface area contributed by atoms with Crippen molar-refractivity contribution in [1.29, 1.82) is 0 Å². The van der Waals surface area contributed by atoms with Gasteiger partial charge in [0.1, 0.15) is 5.69 Å². The highest BCUT2D eigenvalue weighted by atomic mass is 16.2. The standard InChI is InChI=1S/C13H19N3O/c1-9-5-3-8-15-12(9)13(17)16-11-6-4-7-14-10(11)2/h3,5,8,10-11,14H,4,6-7H2,1-2H3,(H,16,17). The van der Waals surface area contributed by atoms with Gasteiger partial charge >= 0.3 is 0 Å². The quantitative estimate of drug-likeness (QED) is 0.808. The molecule has 0 radical (unpaired) electrons. The number of hydrogen-bond acceptors (Lipinski definition) is 3. The average molecular weight is 233 g/mol. The van der Waals surface area contributed by atoms with E-state index in [1.54, 1.807) is 6.20 Å². The Morgan fingerprint density at radius 3 is 3.12 bits per heavy atom. The van der Waals surface area contributed by atoms with Crippen LogP contribution in [0.5, 0.6) is 0 Å². The summed E-state index contributed by atoms with van der Waals surface area (Å²) in [6, 6.07) is 4.29. The predicted molar refractivity (Wildman–Crippen MR) is 66.9 cm³/mol. The molecule has 0 aliphatic carbocycles. The van der Waals surface area contributed by atoms with E-state index in [0.717, 1.165) is 24.9 Å². The van der Waals surface area contributed by atoms with Gasteiger partial charge in [0.25, 0.3) is 5.91 Å². The lowest BCUT2D eigenvalue weighted by Crippen LogP contribution is -2.52. The van der Waals surface area contributed by atoms with E-state index in [9.17, 15) is 4.79 Å². The number of aryl methyl sites for hydroxylation is 1. The number of carbonyl (C=O) groups is 1. The van der Waals surface area contributed by atoms with Crippen LogP contribution in [-0.4, -0.2) is 29.5 Å². The lowest BCUT2D eigenvalue weighted by molar-refractivity contribution is 0.0914. The summed E-state index contributed by atoms with van der Waals surface area (Å²) in [7, 11) is 0. The molecule has 0 aromatic carbocycles. The molecule has 2 N–H and O–H groups in total. The maximum atomic E-state index is 12.1. The van der Waals surface area contributed by atoms with Gasteiger partial charge in [-0.1, -0.05) is 6.07 Å². The van der Waals surface area contributed by atoms with E-state index in [0.29, 0.717) is 11.7 Å². The zero-order chi connectivity index (χ0) is 12.3. The number of rotatable bonds is 2. The molecule has 1 aliphatic rings. The highest BCUT2D eigenvalue weighted by Gasteiger charge is 2.23. The van der Waals surface area contributed by atoms with Gasteiger partial charge in [-0.2, -0.15) is 0 Å². The first-order chi connectivity index (χ1) is 8.18. The van der Waals surface area contributed by atoms with Crippen LogP contribution in [0.4, 0.5) is 0 Å². The summed E-state index contributed by atoms with van der Waals surface area (Å²) in [4.78, 5) is 16.2. The molecule has 1 aliphatic heterocycles. The van der Waals surface area contributed by atoms with Crippen LogP contribution in [0.25, 0.3) is 0 Å². The molecule has 2 rings (SSSR count). The Balaban J connectivity index is 2.04. The van der Waals surface area contributed by atoms with Crippen LogP contribution in [0.3, 0.4) is 0 Å². The van der Waals surface area contributed by atoms with Crippen LogP contribution in [0, 0.1) is 6.92 Å². The lowest BCUT2D eigenvalue weighted by Gasteiger charge is -2.30. The van der Waals surface area contributed by atoms with Crippen LogP contribution in [0.1, 0.15) is 35.8 Å². The second-order valence-electron chi connectivity index (χ2n) is 4.63. The van der Waals surface area contributed by atoms with E-state index in [-0.39, 0.29) is 11.9 Å². The van der Waals surface area contributed by atoms with Crippen LogP contribution in [0.15, 0.2) is 18.3 Å². The van der Waals surface area contributed by atoms with Crippen molar-refractivity contribution < 1.29 is 4.79 Å². The molecule has 1 aromatic rings. The monoisotopic (exact) mass is 233 g/mol. The number of hydrogen-bond donors (Lipinski definition) is 2. The first-order valence-corrected chi connectivity index (χ1v) is 6.14. The minimum absolute atomic E-state index is 0.0661. The Morgan fingerprint density at radius 1 is 1.59 bits per heavy atom. The summed E-state index contributed by atoms with van der Waals surface area (Å²) in [5.41, 5.74) is 1.45. The Morgan fingerprint density at radius 2 is 2.41 bits per heavy atom. The topological polar surface area (TPSA) is 54.0 Å². The number of amides is 1. The van der Waals surface area contributed by atoms with Gasteiger partial charge in [0.2, 0.25) is 0 Å². The van der Waals surface area contributed by atoms with E-state index in [2.05, 4.69) is 22.5 Å². The molecule has 1 fully saturated rings. The summed E-state index contributed by atoms with van der Waals surface area (Å²) in [6.45, 7) is 5.05. The molecule has 1 aromatic heterocycles. The van der Waals surface area contributed by atoms with Gasteiger partial charge in [0, 0.05) is 18.3 Å². The third-order valence-corrected chi connectivity index (χ3v) is 3.30. The van der Waals surface area contributed by atoms with Crippen molar-refractivity contribution in [1.82, 2.24) is 15.6 Å². The third-order valence-electron chi connectivity index (χ3n) is 3.30. The fourth-order valence-corrected chi connectivity index (χ4v) is 2.20. The summed E-state index contributed by atoms with van der Waals surface area (Å²) < 4.78 is 0. The van der Waals surface area contributed by atoms with Crippen molar-refractivity contribution in [3.63, 3.8) is 0 Å². The number of pyridine rings is 1. The van der Waals surface area contributed by atoms with E-state index in [1.807, 2.05) is 19.1 Å². The molecule has 4 nitrogen and oxygen atoms in total. The number of piperidine rings is 1. The molecule has 2 atom stereocenters. The number of nitrogens with zero attached hydrogens (tertiary/aromatic N) is 1. The normalized spacial score (nSPS) is 24.4. The van der Waals surface area contributed by atoms with Crippen molar-refractivity contribution in [2.45, 2.75) is 38.8 Å². The highest BCUT2D eigenvalue weighted by molar-refractivity contribution is 5.93. The van der Waals surface area contributed by atoms with Gasteiger partial charge < -0.3 is 10.6 Å². The van der Waals surface area contributed by atoms with Crippen molar-refractivity contribution >= 4 is 5.91 Å². The Kier molecular flexibility index (Phi) is 3.74. The Hall–Kier alpha value is -1.42. The maximum Gasteiger partial charge on any atom is 0.270 e. The fraction of sp³-hybridized carbons (Fsp3) is 0.538. The number of nitrogens with one attached hydrogen (secondary N) is 2. The van der Waals surface area contributed by atoms with Crippen molar-refractivity contribution in [3.05, 3.63) is 29.6 Å². The lowest BCUT2D eigenvalue weighted by atomic mass is 9.99. The molecular weight excluding hydrogens is 214 g/mol. The van der Waals surface area contributed by atoms with Gasteiger partial charge in [0.15, 0.2) is 0 Å². The Labute approximate surface area is 102 Å². The summed E-state index contributed by atoms with van der Waals surface area (Å²) >= 11 is 0. The minimum Gasteiger partial charge on any atom is -0.346 e. The summed E-state index contributed by atoms with van der Waals surface area (Å²) in [5, 5.41) is 6.43. The molecule has 2 unspecified atom stereocenters. The molecular formula is C13H19N3O. The smallest absolute Gasteiger partial charge is 0.270 e. The van der Waals surface area contributed by atoms with Gasteiger partial charge in [-0.05, 0) is 44.9 Å². The zero-order valence-electron chi connectivity index (χ0n) is 10.4. The second kappa shape index (κ2) is 5.27. The van der Waals surface area contributed by atoms with E-state index >= 15 is 0 Å². The SMILES string of the molecule is Cc1cccnc1C(=O)NC1CCCNC1C. The van der Waals surface area contributed by atoms with E-state index < -0.39 is 0 Å². The van der Waals surface area contributed by atoms with Crippen LogP contribution in [-0.2, 0) is 0 Å². The number of aromatic nitrogens is 1. The first-order valence-electron chi connectivity index (χ1n) is 6.14. The minimum atomic E-state index is -0.0661. The van der Waals surface area contributed by atoms with Crippen LogP contribution >= 0.6 is 0 Å². The second-order valence-corrected chi connectivity index (χ2v) is 4.63. The van der Waals surface area contributed by atoms with E-state index in [1.165, 1.54) is 0 Å². The predicted octanol–water partition coefficient (Wildman–Crippen LogP) is 1.26. The van der Waals surface area contributed by atoms with Crippen LogP contribution in [0.2, 0.25) is 0 Å². The van der Waals surface area contributed by atoms with Gasteiger partial charge in [-0.3, -0.25) is 9.78 Å². The first kappa shape index (κ1) is 12.0. The fourth-order valence-electron chi connectivity index (χ4n) is 2.20. The van der Waals surface area contributed by atoms with E-state index in [4.69, 9.17) is 0 Å². The van der Waals surface area contributed by atoms with Crippen molar-refractivity contribution in [2.75, 3.05) is 6.54 Å². The molecule has 17 heavy (non-hydrogen) atoms. The van der Waals surface area contributed by atoms with Crippen LogP contribution < -0.4 is 10.6 Å². The largest absolute Gasteiger partial charge is 0.346 e. The maximum absolute atomic E-state index is 12.1. The molecule has 92 valence electrons. The van der Waals surface area contributed by atoms with Gasteiger partial charge in [-0.25, -0.2) is 0 Å². The molecule has 0 spiro atoms. The molecule has 0 saturated carbocycles. The molecule has 0 bridgehead atoms. The molecule has 2 heterocycles. The Bertz CT molecular complexity index is 405. The summed E-state index contributed by atoms with van der Waals surface area (Å²) in [5.74, 6) is -0.0661. The number of carbonyl (C=O) groups excluding carboxylic acids is 1. The van der Waals surface area contributed by atoms with Crippen molar-refractivity contribution in [3.8, 4) is 0 Å². The third kappa shape index (κ3) is 2.82. The molecule has 1 saturated heterocycles. The highest BCUT2D eigenvalue weighted by Crippen LogP contribution is 2.10. The molecule has 4 heteroatoms. The zero-order valence-corrected chi connectivity index (χ0v) is 10.4. The van der Waals surface area contributed by atoms with Gasteiger partial charge in [0.05, 0.1) is 0 Å². The average Bonchev–Trinajstić information content (AvgIpc) is 2.32. The molecule has 1 amide bonds.